The van der Waals surface area contributed by atoms with Crippen molar-refractivity contribution in [3.05, 3.63) is 70.1 Å². The van der Waals surface area contributed by atoms with E-state index in [2.05, 4.69) is 5.43 Å². The Kier molecular flexibility index (Phi) is 5.68. The van der Waals surface area contributed by atoms with E-state index < -0.39 is 11.8 Å². The number of nitrogens with zero attached hydrogens (tertiary/aromatic N) is 1. The van der Waals surface area contributed by atoms with E-state index in [-0.39, 0.29) is 4.32 Å². The molecule has 0 spiro atoms. The van der Waals surface area contributed by atoms with Gasteiger partial charge in [0.15, 0.2) is 4.32 Å². The van der Waals surface area contributed by atoms with Gasteiger partial charge in [0.1, 0.15) is 12.0 Å². The molecular formula is C19H14N2O4S2. The first-order valence-electron chi connectivity index (χ1n) is 7.80. The fourth-order valence-electron chi connectivity index (χ4n) is 2.29. The van der Waals surface area contributed by atoms with Gasteiger partial charge in [0.05, 0.1) is 12.0 Å². The zero-order valence-electron chi connectivity index (χ0n) is 14.2. The quantitative estimate of drug-likeness (QED) is 0.474. The first-order valence-corrected chi connectivity index (χ1v) is 9.02. The van der Waals surface area contributed by atoms with Crippen molar-refractivity contribution in [3.8, 4) is 5.75 Å². The second-order valence-corrected chi connectivity index (χ2v) is 7.15. The number of carbonyl (C=O) groups excluding carboxylic acids is 3. The molecule has 2 aromatic carbocycles. The van der Waals surface area contributed by atoms with Crippen molar-refractivity contribution < 1.29 is 19.1 Å². The molecule has 1 saturated heterocycles. The Bertz CT molecular complexity index is 937. The summed E-state index contributed by atoms with van der Waals surface area (Å²) in [5.74, 6) is -0.238. The van der Waals surface area contributed by atoms with Crippen LogP contribution < -0.4 is 10.2 Å². The number of amides is 2. The number of nitrogens with one attached hydrogen (secondary N) is 1. The van der Waals surface area contributed by atoms with Crippen molar-refractivity contribution in [2.24, 2.45) is 0 Å². The van der Waals surface area contributed by atoms with Gasteiger partial charge in [-0.25, -0.2) is 0 Å². The molecule has 0 unspecified atom stereocenters. The molecule has 1 heterocycles. The largest absolute Gasteiger partial charge is 0.497 e. The van der Waals surface area contributed by atoms with Gasteiger partial charge in [-0.15, -0.1) is 0 Å². The van der Waals surface area contributed by atoms with Crippen molar-refractivity contribution in [3.63, 3.8) is 0 Å². The minimum absolute atomic E-state index is 0.234. The molecule has 1 aliphatic heterocycles. The number of thioether (sulfide) groups is 1. The molecule has 2 aromatic rings. The lowest BCUT2D eigenvalue weighted by molar-refractivity contribution is -0.123. The third kappa shape index (κ3) is 4.24. The van der Waals surface area contributed by atoms with Gasteiger partial charge in [-0.1, -0.05) is 36.0 Å². The number of ether oxygens (including phenoxy) is 1. The maximum Gasteiger partial charge on any atom is 0.285 e. The normalized spacial score (nSPS) is 15.1. The lowest BCUT2D eigenvalue weighted by Gasteiger charge is -2.15. The number of methoxy groups -OCH3 is 1. The van der Waals surface area contributed by atoms with E-state index in [0.29, 0.717) is 21.8 Å². The third-order valence-electron chi connectivity index (χ3n) is 3.73. The predicted octanol–water partition coefficient (Wildman–Crippen LogP) is 3.05. The van der Waals surface area contributed by atoms with Crippen LogP contribution in [0.5, 0.6) is 5.75 Å². The smallest absolute Gasteiger partial charge is 0.285 e. The monoisotopic (exact) mass is 398 g/mol. The molecule has 0 aliphatic carbocycles. The van der Waals surface area contributed by atoms with Crippen LogP contribution in [0.4, 0.5) is 0 Å². The number of aldehydes is 1. The van der Waals surface area contributed by atoms with Gasteiger partial charge >= 0.3 is 0 Å². The topological polar surface area (TPSA) is 75.7 Å². The summed E-state index contributed by atoms with van der Waals surface area (Å²) < 4.78 is 5.29. The maximum absolute atomic E-state index is 12.6. The van der Waals surface area contributed by atoms with Crippen LogP contribution in [-0.2, 0) is 4.79 Å². The lowest BCUT2D eigenvalue weighted by Crippen LogP contribution is -2.44. The average molecular weight is 398 g/mol. The number of carbonyl (C=O) groups is 3. The highest BCUT2D eigenvalue weighted by atomic mass is 32.2. The van der Waals surface area contributed by atoms with E-state index in [0.717, 1.165) is 28.6 Å². The number of hydrogen-bond donors (Lipinski definition) is 1. The highest BCUT2D eigenvalue weighted by molar-refractivity contribution is 8.26. The maximum atomic E-state index is 12.6. The second kappa shape index (κ2) is 8.15. The zero-order chi connectivity index (χ0) is 19.4. The molecule has 1 aliphatic rings. The highest BCUT2D eigenvalue weighted by Crippen LogP contribution is 2.31. The van der Waals surface area contributed by atoms with E-state index in [1.165, 1.54) is 7.11 Å². The van der Waals surface area contributed by atoms with Crippen molar-refractivity contribution in [2.75, 3.05) is 7.11 Å². The molecule has 8 heteroatoms. The van der Waals surface area contributed by atoms with Crippen LogP contribution in [0.15, 0.2) is 53.4 Å². The molecule has 27 heavy (non-hydrogen) atoms. The van der Waals surface area contributed by atoms with E-state index in [4.69, 9.17) is 17.0 Å². The minimum Gasteiger partial charge on any atom is -0.497 e. The molecular weight excluding hydrogens is 384 g/mol. The molecule has 1 fully saturated rings. The van der Waals surface area contributed by atoms with Crippen LogP contribution in [0.25, 0.3) is 6.08 Å². The molecule has 0 bridgehead atoms. The van der Waals surface area contributed by atoms with Gasteiger partial charge in [-0.3, -0.25) is 19.8 Å². The van der Waals surface area contributed by atoms with E-state index in [9.17, 15) is 14.4 Å². The van der Waals surface area contributed by atoms with Gasteiger partial charge < -0.3 is 4.74 Å². The first-order chi connectivity index (χ1) is 13.0. The summed E-state index contributed by atoms with van der Waals surface area (Å²) >= 11 is 6.30. The van der Waals surface area contributed by atoms with Crippen LogP contribution in [0.2, 0.25) is 0 Å². The lowest BCUT2D eigenvalue weighted by atomic mass is 10.1. The Morgan fingerprint density at radius 1 is 1.11 bits per heavy atom. The SMILES string of the molecule is COc1ccc(C(=O)NN2C(=O)/C(=C\c3ccc(C=O)cc3)SC2=S)cc1. The van der Waals surface area contributed by atoms with Gasteiger partial charge in [0, 0.05) is 11.1 Å². The summed E-state index contributed by atoms with van der Waals surface area (Å²) in [5.41, 5.74) is 4.19. The molecule has 6 nitrogen and oxygen atoms in total. The highest BCUT2D eigenvalue weighted by Gasteiger charge is 2.33. The Labute approximate surface area is 165 Å². The van der Waals surface area contributed by atoms with Gasteiger partial charge in [0.2, 0.25) is 0 Å². The molecule has 0 saturated carbocycles. The average Bonchev–Trinajstić information content (AvgIpc) is 2.96. The standard InChI is InChI=1S/C19H14N2O4S2/c1-25-15-8-6-14(7-9-15)17(23)20-21-18(24)16(27-19(21)26)10-12-2-4-13(11-22)5-3-12/h2-11H,1H3,(H,20,23)/b16-10+. The Hall–Kier alpha value is -2.97. The summed E-state index contributed by atoms with van der Waals surface area (Å²) in [6, 6.07) is 13.3. The Balaban J connectivity index is 1.73. The van der Waals surface area contributed by atoms with Crippen molar-refractivity contribution in [1.82, 2.24) is 10.4 Å². The van der Waals surface area contributed by atoms with Crippen LogP contribution >= 0.6 is 24.0 Å². The summed E-state index contributed by atoms with van der Waals surface area (Å²) in [6.07, 6.45) is 2.41. The molecule has 0 aromatic heterocycles. The van der Waals surface area contributed by atoms with Gasteiger partial charge in [-0.2, -0.15) is 5.01 Å². The molecule has 3 rings (SSSR count). The van der Waals surface area contributed by atoms with E-state index in [1.54, 1.807) is 54.6 Å². The van der Waals surface area contributed by atoms with E-state index in [1.807, 2.05) is 0 Å². The summed E-state index contributed by atoms with van der Waals surface area (Å²) in [4.78, 5) is 36.0. The third-order valence-corrected chi connectivity index (χ3v) is 5.03. The summed E-state index contributed by atoms with van der Waals surface area (Å²) in [5, 5.41) is 1.05. The van der Waals surface area contributed by atoms with Crippen LogP contribution in [0.1, 0.15) is 26.3 Å². The number of benzene rings is 2. The molecule has 0 atom stereocenters. The van der Waals surface area contributed by atoms with Crippen molar-refractivity contribution >= 4 is 52.5 Å². The fourth-order valence-corrected chi connectivity index (χ4v) is 3.47. The Morgan fingerprint density at radius 2 is 1.74 bits per heavy atom. The first kappa shape index (κ1) is 18.8. The van der Waals surface area contributed by atoms with Crippen molar-refractivity contribution in [2.45, 2.75) is 0 Å². The summed E-state index contributed by atoms with van der Waals surface area (Å²) in [7, 11) is 1.54. The molecule has 1 N–H and O–H groups in total. The molecule has 0 radical (unpaired) electrons. The predicted molar refractivity (Wildman–Crippen MR) is 107 cm³/mol. The summed E-state index contributed by atoms with van der Waals surface area (Å²) in [6.45, 7) is 0. The molecule has 2 amide bonds. The minimum atomic E-state index is -0.453. The van der Waals surface area contributed by atoms with Crippen LogP contribution in [0, 0.1) is 0 Å². The van der Waals surface area contributed by atoms with Crippen molar-refractivity contribution in [1.29, 1.82) is 0 Å². The van der Waals surface area contributed by atoms with Crippen LogP contribution in [-0.4, -0.2) is 34.5 Å². The second-order valence-electron chi connectivity index (χ2n) is 5.47. The van der Waals surface area contributed by atoms with Gasteiger partial charge in [0.25, 0.3) is 11.8 Å². The number of hydrazine groups is 1. The van der Waals surface area contributed by atoms with Gasteiger partial charge in [-0.05, 0) is 48.1 Å². The molecule has 136 valence electrons. The Morgan fingerprint density at radius 3 is 2.33 bits per heavy atom. The van der Waals surface area contributed by atoms with Crippen LogP contribution in [0.3, 0.4) is 0 Å². The zero-order valence-corrected chi connectivity index (χ0v) is 15.8. The number of hydrogen-bond acceptors (Lipinski definition) is 6. The van der Waals surface area contributed by atoms with E-state index >= 15 is 0 Å². The number of rotatable bonds is 5. The number of thiocarbonyl (C=S) groups is 1. The fraction of sp³-hybridized carbons (Fsp3) is 0.0526.